The molecule has 1 atom stereocenters. The van der Waals surface area contributed by atoms with Gasteiger partial charge in [-0.25, -0.2) is 0 Å². The molecule has 1 aromatic rings. The number of hydrogen-bond donors (Lipinski definition) is 2. The molecule has 0 radical (unpaired) electrons. The Morgan fingerprint density at radius 3 is 2.65 bits per heavy atom. The van der Waals surface area contributed by atoms with E-state index in [1.54, 1.807) is 0 Å². The summed E-state index contributed by atoms with van der Waals surface area (Å²) in [5.41, 5.74) is 7.47. The highest BCUT2D eigenvalue weighted by atomic mass is 35.5. The van der Waals surface area contributed by atoms with E-state index >= 15 is 0 Å². The van der Waals surface area contributed by atoms with Gasteiger partial charge in [0.05, 0.1) is 6.10 Å². The average molecular weight is 255 g/mol. The number of halogens is 1. The molecular formula is C13H19ClN2O. The summed E-state index contributed by atoms with van der Waals surface area (Å²) >= 11 is 5.99. The van der Waals surface area contributed by atoms with E-state index in [4.69, 9.17) is 17.3 Å². The van der Waals surface area contributed by atoms with E-state index < -0.39 is 6.10 Å². The minimum absolute atomic E-state index is 0.223. The lowest BCUT2D eigenvalue weighted by Gasteiger charge is -2.31. The zero-order valence-corrected chi connectivity index (χ0v) is 10.7. The van der Waals surface area contributed by atoms with Crippen molar-refractivity contribution in [2.45, 2.75) is 25.4 Å². The Morgan fingerprint density at radius 2 is 2.00 bits per heavy atom. The fraction of sp³-hybridized carbons (Fsp3) is 0.538. The first kappa shape index (κ1) is 12.7. The van der Waals surface area contributed by atoms with Crippen molar-refractivity contribution in [3.05, 3.63) is 28.8 Å². The molecule has 0 aromatic heterocycles. The first-order chi connectivity index (χ1) is 8.22. The van der Waals surface area contributed by atoms with Crippen LogP contribution in [0.2, 0.25) is 5.02 Å². The molecule has 1 heterocycles. The number of aliphatic hydroxyl groups excluding tert-OH is 1. The van der Waals surface area contributed by atoms with Crippen molar-refractivity contribution in [2.24, 2.45) is 5.73 Å². The van der Waals surface area contributed by atoms with Crippen LogP contribution < -0.4 is 10.6 Å². The van der Waals surface area contributed by atoms with Crippen LogP contribution >= 0.6 is 11.6 Å². The summed E-state index contributed by atoms with van der Waals surface area (Å²) in [7, 11) is 0. The number of hydrogen-bond acceptors (Lipinski definition) is 3. The van der Waals surface area contributed by atoms with Gasteiger partial charge in [0.25, 0.3) is 0 Å². The number of benzene rings is 1. The summed E-state index contributed by atoms with van der Waals surface area (Å²) in [4.78, 5) is 2.31. The van der Waals surface area contributed by atoms with Gasteiger partial charge < -0.3 is 15.7 Å². The number of anilines is 1. The average Bonchev–Trinajstić information content (AvgIpc) is 2.38. The van der Waals surface area contributed by atoms with Gasteiger partial charge in [-0.05, 0) is 37.5 Å². The molecule has 17 heavy (non-hydrogen) atoms. The molecule has 3 nitrogen and oxygen atoms in total. The maximum absolute atomic E-state index is 9.95. The molecule has 1 saturated heterocycles. The number of nitrogens with two attached hydrogens (primary N) is 1. The zero-order valence-electron chi connectivity index (χ0n) is 9.90. The minimum atomic E-state index is -0.634. The second-order valence-corrected chi connectivity index (χ2v) is 4.94. The fourth-order valence-corrected chi connectivity index (χ4v) is 2.52. The van der Waals surface area contributed by atoms with Crippen LogP contribution in [0, 0.1) is 0 Å². The first-order valence-corrected chi connectivity index (χ1v) is 6.52. The highest BCUT2D eigenvalue weighted by Gasteiger charge is 2.18. The molecule has 1 fully saturated rings. The maximum atomic E-state index is 9.95. The molecule has 4 heteroatoms. The van der Waals surface area contributed by atoms with Crippen molar-refractivity contribution >= 4 is 17.3 Å². The van der Waals surface area contributed by atoms with Crippen LogP contribution in [0.15, 0.2) is 18.2 Å². The normalized spacial score (nSPS) is 18.2. The first-order valence-electron chi connectivity index (χ1n) is 6.15. The van der Waals surface area contributed by atoms with Gasteiger partial charge in [0.15, 0.2) is 0 Å². The fourth-order valence-electron chi connectivity index (χ4n) is 2.34. The third-order valence-electron chi connectivity index (χ3n) is 3.27. The van der Waals surface area contributed by atoms with E-state index in [0.29, 0.717) is 5.02 Å². The largest absolute Gasteiger partial charge is 0.387 e. The lowest BCUT2D eigenvalue weighted by molar-refractivity contribution is 0.187. The second-order valence-electron chi connectivity index (χ2n) is 4.50. The molecule has 2 rings (SSSR count). The number of aliphatic hydroxyl groups is 1. The molecule has 94 valence electrons. The van der Waals surface area contributed by atoms with E-state index in [2.05, 4.69) is 4.90 Å². The molecule has 0 saturated carbocycles. The summed E-state index contributed by atoms with van der Waals surface area (Å²) in [5.74, 6) is 0. The third kappa shape index (κ3) is 2.92. The van der Waals surface area contributed by atoms with Crippen LogP contribution in [-0.2, 0) is 0 Å². The molecule has 1 aliphatic heterocycles. The highest BCUT2D eigenvalue weighted by Crippen LogP contribution is 2.30. The van der Waals surface area contributed by atoms with Gasteiger partial charge in [-0.1, -0.05) is 11.6 Å². The van der Waals surface area contributed by atoms with Crippen molar-refractivity contribution in [3.63, 3.8) is 0 Å². The Hall–Kier alpha value is -0.770. The van der Waals surface area contributed by atoms with Gasteiger partial charge >= 0.3 is 0 Å². The lowest BCUT2D eigenvalue weighted by atomic mass is 10.0. The Morgan fingerprint density at radius 1 is 1.29 bits per heavy atom. The summed E-state index contributed by atoms with van der Waals surface area (Å²) in [6.07, 6.45) is 3.08. The van der Waals surface area contributed by atoms with Gasteiger partial charge in [0, 0.05) is 35.9 Å². The summed E-state index contributed by atoms with van der Waals surface area (Å²) in [5, 5.41) is 10.6. The van der Waals surface area contributed by atoms with Crippen molar-refractivity contribution in [2.75, 3.05) is 24.5 Å². The molecule has 1 aliphatic rings. The van der Waals surface area contributed by atoms with Crippen molar-refractivity contribution in [1.29, 1.82) is 0 Å². The minimum Gasteiger partial charge on any atom is -0.387 e. The van der Waals surface area contributed by atoms with Crippen LogP contribution in [0.1, 0.15) is 30.9 Å². The molecule has 0 amide bonds. The van der Waals surface area contributed by atoms with Crippen molar-refractivity contribution in [3.8, 4) is 0 Å². The Bertz CT molecular complexity index is 378. The van der Waals surface area contributed by atoms with E-state index in [1.807, 2.05) is 18.2 Å². The summed E-state index contributed by atoms with van der Waals surface area (Å²) in [6.45, 7) is 2.32. The second kappa shape index (κ2) is 5.71. The van der Waals surface area contributed by atoms with Gasteiger partial charge in [-0.15, -0.1) is 0 Å². The maximum Gasteiger partial charge on any atom is 0.0932 e. The van der Waals surface area contributed by atoms with Crippen LogP contribution in [0.3, 0.4) is 0 Å². The van der Waals surface area contributed by atoms with Crippen LogP contribution in [0.4, 0.5) is 5.69 Å². The van der Waals surface area contributed by atoms with Crippen LogP contribution in [-0.4, -0.2) is 24.7 Å². The van der Waals surface area contributed by atoms with E-state index in [0.717, 1.165) is 24.3 Å². The van der Waals surface area contributed by atoms with Crippen molar-refractivity contribution in [1.82, 2.24) is 0 Å². The molecule has 0 spiro atoms. The lowest BCUT2D eigenvalue weighted by Crippen LogP contribution is -2.31. The van der Waals surface area contributed by atoms with Gasteiger partial charge in [0.1, 0.15) is 0 Å². The Balaban J connectivity index is 2.30. The quantitative estimate of drug-likeness (QED) is 0.871. The number of rotatable bonds is 3. The standard InChI is InChI=1S/C13H19ClN2O/c14-10-4-5-12(11(8-10)13(17)9-15)16-6-2-1-3-7-16/h4-5,8,13,17H,1-3,6-7,9,15H2. The zero-order chi connectivity index (χ0) is 12.3. The van der Waals surface area contributed by atoms with Gasteiger partial charge in [0.2, 0.25) is 0 Å². The topological polar surface area (TPSA) is 49.5 Å². The molecule has 0 aliphatic carbocycles. The number of nitrogens with zero attached hydrogens (tertiary/aromatic N) is 1. The number of piperidine rings is 1. The van der Waals surface area contributed by atoms with E-state index in [-0.39, 0.29) is 6.54 Å². The van der Waals surface area contributed by atoms with E-state index in [1.165, 1.54) is 19.3 Å². The summed E-state index contributed by atoms with van der Waals surface area (Å²) < 4.78 is 0. The monoisotopic (exact) mass is 254 g/mol. The van der Waals surface area contributed by atoms with Crippen LogP contribution in [0.5, 0.6) is 0 Å². The molecular weight excluding hydrogens is 236 g/mol. The summed E-state index contributed by atoms with van der Waals surface area (Å²) in [6, 6.07) is 5.68. The van der Waals surface area contributed by atoms with E-state index in [9.17, 15) is 5.11 Å². The molecule has 1 unspecified atom stereocenters. The Labute approximate surface area is 107 Å². The highest BCUT2D eigenvalue weighted by molar-refractivity contribution is 6.30. The van der Waals surface area contributed by atoms with Crippen LogP contribution in [0.25, 0.3) is 0 Å². The Kier molecular flexibility index (Phi) is 4.26. The van der Waals surface area contributed by atoms with Gasteiger partial charge in [-0.3, -0.25) is 0 Å². The molecule has 0 bridgehead atoms. The predicted octanol–water partition coefficient (Wildman–Crippen LogP) is 2.32. The molecule has 1 aromatic carbocycles. The van der Waals surface area contributed by atoms with Crippen molar-refractivity contribution < 1.29 is 5.11 Å². The SMILES string of the molecule is NCC(O)c1cc(Cl)ccc1N1CCCCC1. The predicted molar refractivity (Wildman–Crippen MR) is 71.5 cm³/mol. The van der Waals surface area contributed by atoms with Gasteiger partial charge in [-0.2, -0.15) is 0 Å². The third-order valence-corrected chi connectivity index (χ3v) is 3.50. The molecule has 3 N–H and O–H groups in total. The smallest absolute Gasteiger partial charge is 0.0932 e.